The van der Waals surface area contributed by atoms with E-state index in [-0.39, 0.29) is 12.0 Å². The second kappa shape index (κ2) is 4.58. The third kappa shape index (κ3) is 3.32. The van der Waals surface area contributed by atoms with Crippen molar-refractivity contribution >= 4 is 5.91 Å². The Hall–Kier alpha value is -0.610. The summed E-state index contributed by atoms with van der Waals surface area (Å²) in [5, 5.41) is 12.3. The monoisotopic (exact) mass is 186 g/mol. The molecule has 0 aliphatic carbocycles. The summed E-state index contributed by atoms with van der Waals surface area (Å²) < 4.78 is 0. The van der Waals surface area contributed by atoms with Crippen molar-refractivity contribution in [3.8, 4) is 0 Å². The lowest BCUT2D eigenvalue weighted by molar-refractivity contribution is -0.132. The van der Waals surface area contributed by atoms with E-state index in [2.05, 4.69) is 5.32 Å². The summed E-state index contributed by atoms with van der Waals surface area (Å²) in [6, 6.07) is 0.345. The summed E-state index contributed by atoms with van der Waals surface area (Å²) in [5.41, 5.74) is 0. The minimum Gasteiger partial charge on any atom is -0.392 e. The van der Waals surface area contributed by atoms with Crippen molar-refractivity contribution in [3.05, 3.63) is 0 Å². The van der Waals surface area contributed by atoms with E-state index in [4.69, 9.17) is 5.11 Å². The molecule has 1 aliphatic rings. The van der Waals surface area contributed by atoms with Gasteiger partial charge in [0.1, 0.15) is 0 Å². The van der Waals surface area contributed by atoms with Gasteiger partial charge in [0.15, 0.2) is 0 Å². The Bertz CT molecular complexity index is 182. The maximum absolute atomic E-state index is 11.1. The third-order valence-electron chi connectivity index (χ3n) is 2.33. The number of hydrogen-bond acceptors (Lipinski definition) is 3. The molecule has 0 bridgehead atoms. The van der Waals surface area contributed by atoms with Crippen LogP contribution in [0.5, 0.6) is 0 Å². The van der Waals surface area contributed by atoms with Crippen molar-refractivity contribution in [2.24, 2.45) is 0 Å². The normalized spacial score (nSPS) is 26.2. The van der Waals surface area contributed by atoms with Crippen LogP contribution in [0.1, 0.15) is 19.8 Å². The van der Waals surface area contributed by atoms with Crippen molar-refractivity contribution in [3.63, 3.8) is 0 Å². The van der Waals surface area contributed by atoms with Crippen molar-refractivity contribution < 1.29 is 9.90 Å². The zero-order valence-corrected chi connectivity index (χ0v) is 8.29. The molecule has 0 aromatic rings. The first-order chi connectivity index (χ1) is 6.09. The Morgan fingerprint density at radius 1 is 1.77 bits per heavy atom. The lowest BCUT2D eigenvalue weighted by atomic mass is 10.1. The molecule has 0 aromatic heterocycles. The number of rotatable bonds is 3. The SMILES string of the molecule is C[C@@H](O)CNC1CCC(=O)N(C)C1. The van der Waals surface area contributed by atoms with Crippen molar-refractivity contribution in [1.29, 1.82) is 0 Å². The number of amides is 1. The van der Waals surface area contributed by atoms with E-state index >= 15 is 0 Å². The molecule has 1 rings (SSSR count). The molecule has 4 nitrogen and oxygen atoms in total. The standard InChI is InChI=1S/C9H18N2O2/c1-7(12)5-10-8-3-4-9(13)11(2)6-8/h7-8,10,12H,3-6H2,1-2H3/t7-,8?/m1/s1. The number of likely N-dealkylation sites (N-methyl/N-ethyl adjacent to an activating group) is 1. The molecule has 2 N–H and O–H groups in total. The summed E-state index contributed by atoms with van der Waals surface area (Å²) in [6.45, 7) is 3.11. The number of nitrogens with zero attached hydrogens (tertiary/aromatic N) is 1. The van der Waals surface area contributed by atoms with Crippen LogP contribution in [0.25, 0.3) is 0 Å². The highest BCUT2D eigenvalue weighted by atomic mass is 16.3. The van der Waals surface area contributed by atoms with Gasteiger partial charge in [0.2, 0.25) is 5.91 Å². The molecule has 1 amide bonds. The third-order valence-corrected chi connectivity index (χ3v) is 2.33. The molecule has 0 spiro atoms. The first-order valence-corrected chi connectivity index (χ1v) is 4.75. The number of aliphatic hydroxyl groups excluding tert-OH is 1. The van der Waals surface area contributed by atoms with Gasteiger partial charge < -0.3 is 15.3 Å². The number of likely N-dealkylation sites (tertiary alicyclic amines) is 1. The molecule has 1 aliphatic heterocycles. The van der Waals surface area contributed by atoms with Gasteiger partial charge in [0, 0.05) is 32.6 Å². The Kier molecular flexibility index (Phi) is 3.69. The molecule has 13 heavy (non-hydrogen) atoms. The minimum atomic E-state index is -0.317. The Labute approximate surface area is 78.9 Å². The van der Waals surface area contributed by atoms with Crippen LogP contribution in [-0.2, 0) is 4.79 Å². The van der Waals surface area contributed by atoms with Gasteiger partial charge in [-0.15, -0.1) is 0 Å². The predicted molar refractivity (Wildman–Crippen MR) is 50.3 cm³/mol. The lowest BCUT2D eigenvalue weighted by Crippen LogP contribution is -2.48. The molecular weight excluding hydrogens is 168 g/mol. The second-order valence-corrected chi connectivity index (χ2v) is 3.77. The fourth-order valence-corrected chi connectivity index (χ4v) is 1.52. The molecule has 1 fully saturated rings. The van der Waals surface area contributed by atoms with E-state index in [1.54, 1.807) is 11.8 Å². The van der Waals surface area contributed by atoms with Gasteiger partial charge in [-0.25, -0.2) is 0 Å². The van der Waals surface area contributed by atoms with Crippen LogP contribution in [0.3, 0.4) is 0 Å². The van der Waals surface area contributed by atoms with E-state index < -0.39 is 0 Å². The molecule has 0 saturated carbocycles. The number of hydrogen-bond donors (Lipinski definition) is 2. The molecule has 4 heteroatoms. The molecule has 2 atom stereocenters. The van der Waals surface area contributed by atoms with Gasteiger partial charge in [-0.2, -0.15) is 0 Å². The maximum Gasteiger partial charge on any atom is 0.222 e. The quantitative estimate of drug-likeness (QED) is 0.629. The minimum absolute atomic E-state index is 0.218. The predicted octanol–water partition coefficient (Wildman–Crippen LogP) is -0.422. The van der Waals surface area contributed by atoms with Crippen LogP contribution in [0, 0.1) is 0 Å². The lowest BCUT2D eigenvalue weighted by Gasteiger charge is -2.30. The highest BCUT2D eigenvalue weighted by Crippen LogP contribution is 2.09. The van der Waals surface area contributed by atoms with Crippen LogP contribution < -0.4 is 5.32 Å². The summed E-state index contributed by atoms with van der Waals surface area (Å²) in [6.07, 6.45) is 1.19. The van der Waals surface area contributed by atoms with E-state index in [1.165, 1.54) is 0 Å². The summed E-state index contributed by atoms with van der Waals surface area (Å²) in [5.74, 6) is 0.218. The second-order valence-electron chi connectivity index (χ2n) is 3.77. The van der Waals surface area contributed by atoms with Crippen molar-refractivity contribution in [2.45, 2.75) is 31.9 Å². The van der Waals surface area contributed by atoms with Gasteiger partial charge in [-0.05, 0) is 13.3 Å². The van der Waals surface area contributed by atoms with Gasteiger partial charge in [0.05, 0.1) is 6.10 Å². The van der Waals surface area contributed by atoms with Crippen LogP contribution in [0.15, 0.2) is 0 Å². The van der Waals surface area contributed by atoms with E-state index in [0.717, 1.165) is 13.0 Å². The van der Waals surface area contributed by atoms with E-state index in [1.807, 2.05) is 7.05 Å². The van der Waals surface area contributed by atoms with Crippen molar-refractivity contribution in [2.75, 3.05) is 20.1 Å². The zero-order chi connectivity index (χ0) is 9.84. The van der Waals surface area contributed by atoms with Gasteiger partial charge in [0.25, 0.3) is 0 Å². The number of carbonyl (C=O) groups excluding carboxylic acids is 1. The summed E-state index contributed by atoms with van der Waals surface area (Å²) >= 11 is 0. The molecule has 0 aromatic carbocycles. The number of nitrogens with one attached hydrogen (secondary N) is 1. The first kappa shape index (κ1) is 10.5. The van der Waals surface area contributed by atoms with Crippen LogP contribution >= 0.6 is 0 Å². The Morgan fingerprint density at radius 2 is 2.46 bits per heavy atom. The van der Waals surface area contributed by atoms with E-state index in [9.17, 15) is 4.79 Å². The molecule has 0 radical (unpaired) electrons. The molecule has 76 valence electrons. The largest absolute Gasteiger partial charge is 0.392 e. The van der Waals surface area contributed by atoms with Gasteiger partial charge in [-0.3, -0.25) is 4.79 Å². The fraction of sp³-hybridized carbons (Fsp3) is 0.889. The highest BCUT2D eigenvalue weighted by molar-refractivity contribution is 5.76. The summed E-state index contributed by atoms with van der Waals surface area (Å²) in [7, 11) is 1.82. The van der Waals surface area contributed by atoms with Gasteiger partial charge >= 0.3 is 0 Å². The Balaban J connectivity index is 2.25. The van der Waals surface area contributed by atoms with Crippen molar-refractivity contribution in [1.82, 2.24) is 10.2 Å². The average Bonchev–Trinajstić information content (AvgIpc) is 2.07. The maximum atomic E-state index is 11.1. The topological polar surface area (TPSA) is 52.6 Å². The highest BCUT2D eigenvalue weighted by Gasteiger charge is 2.22. The fourth-order valence-electron chi connectivity index (χ4n) is 1.52. The first-order valence-electron chi connectivity index (χ1n) is 4.75. The van der Waals surface area contributed by atoms with Crippen LogP contribution in [0.4, 0.5) is 0 Å². The summed E-state index contributed by atoms with van der Waals surface area (Å²) in [4.78, 5) is 12.9. The molecular formula is C9H18N2O2. The molecule has 1 saturated heterocycles. The smallest absolute Gasteiger partial charge is 0.222 e. The van der Waals surface area contributed by atoms with E-state index in [0.29, 0.717) is 19.0 Å². The molecule has 1 unspecified atom stereocenters. The van der Waals surface area contributed by atoms with Crippen LogP contribution in [-0.4, -0.2) is 48.2 Å². The number of carbonyl (C=O) groups is 1. The van der Waals surface area contributed by atoms with Gasteiger partial charge in [-0.1, -0.05) is 0 Å². The number of piperidine rings is 1. The van der Waals surface area contributed by atoms with Crippen LogP contribution in [0.2, 0.25) is 0 Å². The zero-order valence-electron chi connectivity index (χ0n) is 8.29. The number of aliphatic hydroxyl groups is 1. The molecule has 1 heterocycles. The average molecular weight is 186 g/mol. The Morgan fingerprint density at radius 3 is 3.00 bits per heavy atom.